The summed E-state index contributed by atoms with van der Waals surface area (Å²) in [5.74, 6) is 0.919. The Morgan fingerprint density at radius 1 is 1.39 bits per heavy atom. The van der Waals surface area contributed by atoms with Gasteiger partial charge in [-0.3, -0.25) is 0 Å². The van der Waals surface area contributed by atoms with Gasteiger partial charge in [-0.15, -0.1) is 0 Å². The lowest BCUT2D eigenvalue weighted by Crippen LogP contribution is -2.46. The van der Waals surface area contributed by atoms with Crippen LogP contribution in [0.4, 0.5) is 11.4 Å². The predicted molar refractivity (Wildman–Crippen MR) is 76.1 cm³/mol. The summed E-state index contributed by atoms with van der Waals surface area (Å²) in [5.41, 5.74) is 7.73. The topological polar surface area (TPSA) is 38.5 Å². The van der Waals surface area contributed by atoms with E-state index in [1.165, 1.54) is 5.69 Å². The van der Waals surface area contributed by atoms with Crippen molar-refractivity contribution >= 4 is 11.4 Å². The number of quaternary nitrogens is 1. The molecule has 0 atom stereocenters. The number of hydrogen-bond acceptors (Lipinski definition) is 3. The molecule has 0 radical (unpaired) electrons. The second kappa shape index (κ2) is 5.06. The van der Waals surface area contributed by atoms with Crippen LogP contribution < -0.4 is 15.4 Å². The number of fused-ring (bicyclic) bond motifs is 1. The smallest absolute Gasteiger partial charge is 0.144 e. The Morgan fingerprint density at radius 3 is 2.89 bits per heavy atom. The van der Waals surface area contributed by atoms with Gasteiger partial charge in [-0.2, -0.15) is 0 Å². The van der Waals surface area contributed by atoms with Crippen molar-refractivity contribution in [2.24, 2.45) is 0 Å². The lowest BCUT2D eigenvalue weighted by atomic mass is 10.2. The normalized spacial score (nSPS) is 15.2. The lowest BCUT2D eigenvalue weighted by molar-refractivity contribution is -0.887. The second-order valence-electron chi connectivity index (χ2n) is 5.54. The number of likely N-dealkylation sites (N-methyl/N-ethyl adjacent to an activating group) is 1. The molecular formula is C14H24N3O+. The Labute approximate surface area is 110 Å². The number of ether oxygens (including phenoxy) is 1. The van der Waals surface area contributed by atoms with Crippen LogP contribution >= 0.6 is 0 Å². The first-order valence-electron chi connectivity index (χ1n) is 6.61. The molecule has 4 nitrogen and oxygen atoms in total. The summed E-state index contributed by atoms with van der Waals surface area (Å²) >= 11 is 0. The molecule has 0 saturated carbocycles. The largest absolute Gasteiger partial charge is 0.489 e. The van der Waals surface area contributed by atoms with Crippen LogP contribution in [0, 0.1) is 0 Å². The molecule has 100 valence electrons. The maximum Gasteiger partial charge on any atom is 0.144 e. The highest BCUT2D eigenvalue weighted by molar-refractivity contribution is 5.65. The monoisotopic (exact) mass is 250 g/mol. The van der Waals surface area contributed by atoms with Gasteiger partial charge in [0.05, 0.1) is 46.0 Å². The van der Waals surface area contributed by atoms with E-state index in [0.717, 1.165) is 48.7 Å². The Morgan fingerprint density at radius 2 is 2.17 bits per heavy atom. The Balaban J connectivity index is 2.08. The fraction of sp³-hybridized carbons (Fsp3) is 0.571. The van der Waals surface area contributed by atoms with E-state index in [1.807, 2.05) is 12.1 Å². The molecule has 0 saturated heterocycles. The average Bonchev–Trinajstić information content (AvgIpc) is 2.36. The minimum Gasteiger partial charge on any atom is -0.489 e. The van der Waals surface area contributed by atoms with E-state index in [2.05, 4.69) is 32.0 Å². The fourth-order valence-electron chi connectivity index (χ4n) is 2.08. The maximum absolute atomic E-state index is 5.79. The molecule has 1 aliphatic heterocycles. The van der Waals surface area contributed by atoms with Gasteiger partial charge in [0, 0.05) is 11.8 Å². The van der Waals surface area contributed by atoms with Crippen LogP contribution in [0.15, 0.2) is 18.2 Å². The first kappa shape index (κ1) is 13.0. The zero-order chi connectivity index (χ0) is 13.2. The van der Waals surface area contributed by atoms with Gasteiger partial charge in [-0.25, -0.2) is 0 Å². The van der Waals surface area contributed by atoms with E-state index in [9.17, 15) is 0 Å². The second-order valence-corrected chi connectivity index (χ2v) is 5.54. The average molecular weight is 250 g/mol. The quantitative estimate of drug-likeness (QED) is 0.651. The van der Waals surface area contributed by atoms with Crippen LogP contribution in [0.1, 0.15) is 6.92 Å². The molecule has 0 amide bonds. The van der Waals surface area contributed by atoms with Gasteiger partial charge >= 0.3 is 0 Å². The van der Waals surface area contributed by atoms with Gasteiger partial charge in [0.2, 0.25) is 0 Å². The van der Waals surface area contributed by atoms with Crippen molar-refractivity contribution in [3.05, 3.63) is 18.2 Å². The molecule has 2 N–H and O–H groups in total. The third kappa shape index (κ3) is 2.88. The molecule has 1 aromatic rings. The third-order valence-corrected chi connectivity index (χ3v) is 3.77. The molecule has 2 rings (SSSR count). The van der Waals surface area contributed by atoms with Crippen LogP contribution in [-0.4, -0.2) is 51.4 Å². The Hall–Kier alpha value is -1.42. The summed E-state index contributed by atoms with van der Waals surface area (Å²) in [7, 11) is 4.54. The summed E-state index contributed by atoms with van der Waals surface area (Å²) in [4.78, 5) is 2.40. The van der Waals surface area contributed by atoms with Crippen LogP contribution in [0.2, 0.25) is 0 Å². The minimum atomic E-state index is 0.746. The van der Waals surface area contributed by atoms with E-state index in [1.54, 1.807) is 0 Å². The van der Waals surface area contributed by atoms with Gasteiger partial charge in [0.15, 0.2) is 0 Å². The SMILES string of the molecule is CC[N+](C)(C)CCN1CCOc2cc(N)ccc21. The molecular weight excluding hydrogens is 226 g/mol. The number of hydrogen-bond donors (Lipinski definition) is 1. The summed E-state index contributed by atoms with van der Waals surface area (Å²) in [6, 6.07) is 5.93. The van der Waals surface area contributed by atoms with Crippen molar-refractivity contribution in [3.63, 3.8) is 0 Å². The first-order chi connectivity index (χ1) is 8.52. The summed E-state index contributed by atoms with van der Waals surface area (Å²) in [6.45, 7) is 7.28. The van der Waals surface area contributed by atoms with E-state index in [-0.39, 0.29) is 0 Å². The van der Waals surface area contributed by atoms with Gasteiger partial charge in [-0.05, 0) is 19.1 Å². The predicted octanol–water partition coefficient (Wildman–Crippen LogP) is 1.56. The van der Waals surface area contributed by atoms with Gasteiger partial charge in [-0.1, -0.05) is 0 Å². The number of nitrogens with zero attached hydrogens (tertiary/aromatic N) is 2. The molecule has 0 unspecified atom stereocenters. The van der Waals surface area contributed by atoms with Crippen LogP contribution in [0.3, 0.4) is 0 Å². The van der Waals surface area contributed by atoms with Crippen molar-refractivity contribution in [1.29, 1.82) is 0 Å². The molecule has 0 spiro atoms. The lowest BCUT2D eigenvalue weighted by Gasteiger charge is -2.35. The first-order valence-corrected chi connectivity index (χ1v) is 6.61. The van der Waals surface area contributed by atoms with Crippen molar-refractivity contribution in [2.45, 2.75) is 6.92 Å². The van der Waals surface area contributed by atoms with E-state index >= 15 is 0 Å². The van der Waals surface area contributed by atoms with Crippen molar-refractivity contribution in [3.8, 4) is 5.75 Å². The highest BCUT2D eigenvalue weighted by Gasteiger charge is 2.21. The van der Waals surface area contributed by atoms with Crippen molar-refractivity contribution in [1.82, 2.24) is 0 Å². The minimum absolute atomic E-state index is 0.746. The van der Waals surface area contributed by atoms with Crippen LogP contribution in [0.25, 0.3) is 0 Å². The molecule has 1 aromatic carbocycles. The Kier molecular flexibility index (Phi) is 3.66. The zero-order valence-corrected chi connectivity index (χ0v) is 11.6. The fourth-order valence-corrected chi connectivity index (χ4v) is 2.08. The van der Waals surface area contributed by atoms with Crippen LogP contribution in [-0.2, 0) is 0 Å². The number of rotatable bonds is 4. The summed E-state index contributed by atoms with van der Waals surface area (Å²) < 4.78 is 6.71. The standard InChI is InChI=1S/C14H24N3O/c1-4-17(2,3)9-7-16-8-10-18-14-11-12(15)5-6-13(14)16/h5-6,11H,4,7-10,15H2,1-3H3/q+1. The molecule has 18 heavy (non-hydrogen) atoms. The number of benzene rings is 1. The molecule has 1 heterocycles. The molecule has 0 aromatic heterocycles. The third-order valence-electron chi connectivity index (χ3n) is 3.77. The van der Waals surface area contributed by atoms with Crippen molar-refractivity contribution < 1.29 is 9.22 Å². The van der Waals surface area contributed by atoms with Gasteiger partial charge < -0.3 is 19.9 Å². The molecule has 4 heteroatoms. The molecule has 0 aliphatic carbocycles. The molecule has 1 aliphatic rings. The highest BCUT2D eigenvalue weighted by atomic mass is 16.5. The molecule has 0 fully saturated rings. The van der Waals surface area contributed by atoms with Crippen molar-refractivity contribution in [2.75, 3.05) is 57.5 Å². The number of nitrogen functional groups attached to an aromatic ring is 1. The summed E-state index contributed by atoms with van der Waals surface area (Å²) in [5, 5.41) is 0. The van der Waals surface area contributed by atoms with Crippen LogP contribution in [0.5, 0.6) is 5.75 Å². The highest BCUT2D eigenvalue weighted by Crippen LogP contribution is 2.33. The van der Waals surface area contributed by atoms with E-state index in [4.69, 9.17) is 10.5 Å². The van der Waals surface area contributed by atoms with E-state index in [0.29, 0.717) is 0 Å². The Bertz CT molecular complexity index is 418. The van der Waals surface area contributed by atoms with E-state index < -0.39 is 0 Å². The maximum atomic E-state index is 5.79. The summed E-state index contributed by atoms with van der Waals surface area (Å²) in [6.07, 6.45) is 0. The van der Waals surface area contributed by atoms with Gasteiger partial charge in [0.1, 0.15) is 12.4 Å². The number of nitrogens with two attached hydrogens (primary N) is 1. The zero-order valence-electron chi connectivity index (χ0n) is 11.6. The van der Waals surface area contributed by atoms with Gasteiger partial charge in [0.25, 0.3) is 0 Å². The molecule has 0 bridgehead atoms. The number of anilines is 2.